The van der Waals surface area contributed by atoms with Crippen molar-refractivity contribution in [2.24, 2.45) is 28.9 Å². The fourth-order valence-electron chi connectivity index (χ4n) is 6.60. The number of nitrogens with two attached hydrogens (primary N) is 1. The molecule has 2 aliphatic rings. The van der Waals surface area contributed by atoms with Gasteiger partial charge in [0.2, 0.25) is 11.8 Å². The van der Waals surface area contributed by atoms with Crippen LogP contribution in [0.15, 0.2) is 36.4 Å². The van der Waals surface area contributed by atoms with E-state index >= 15 is 0 Å². The van der Waals surface area contributed by atoms with Gasteiger partial charge in [-0.3, -0.25) is 28.9 Å². The van der Waals surface area contributed by atoms with Gasteiger partial charge in [0.05, 0.1) is 6.04 Å². The van der Waals surface area contributed by atoms with Gasteiger partial charge in [0.15, 0.2) is 5.78 Å². The number of amides is 7. The number of rotatable bonds is 19. The quantitative estimate of drug-likeness (QED) is 0.116. The summed E-state index contributed by atoms with van der Waals surface area (Å²) < 4.78 is 5.56. The molecule has 292 valence electrons. The Labute approximate surface area is 313 Å². The summed E-state index contributed by atoms with van der Waals surface area (Å²) in [6.07, 6.45) is 6.46. The maximum Gasteiger partial charge on any atom is 0.410 e. The van der Waals surface area contributed by atoms with E-state index in [0.29, 0.717) is 50.4 Å². The largest absolute Gasteiger partial charge is 0.445 e. The molecule has 1 saturated heterocycles. The van der Waals surface area contributed by atoms with Gasteiger partial charge in [-0.25, -0.2) is 9.59 Å². The molecule has 1 fully saturated rings. The van der Waals surface area contributed by atoms with Crippen molar-refractivity contribution in [2.45, 2.75) is 105 Å². The lowest BCUT2D eigenvalue weighted by atomic mass is 9.75. The number of benzene rings is 1. The van der Waals surface area contributed by atoms with Crippen LogP contribution < -0.4 is 21.7 Å². The minimum atomic E-state index is -0.806. The van der Waals surface area contributed by atoms with Crippen molar-refractivity contribution < 1.29 is 38.3 Å². The van der Waals surface area contributed by atoms with Crippen LogP contribution >= 0.6 is 0 Å². The van der Waals surface area contributed by atoms with Gasteiger partial charge in [0, 0.05) is 62.8 Å². The van der Waals surface area contributed by atoms with Gasteiger partial charge in [-0.05, 0) is 73.5 Å². The summed E-state index contributed by atoms with van der Waals surface area (Å²) in [5.41, 5.74) is 6.66. The van der Waals surface area contributed by atoms with E-state index in [9.17, 15) is 33.6 Å². The number of Topliss-reactive ketones (excluding diaryl/α,β-unsaturated/α-hetero) is 1. The van der Waals surface area contributed by atoms with E-state index in [1.807, 2.05) is 13.8 Å². The molecular weight excluding hydrogens is 680 g/mol. The van der Waals surface area contributed by atoms with E-state index in [2.05, 4.69) is 36.7 Å². The number of ketones is 1. The highest BCUT2D eigenvalue weighted by Gasteiger charge is 2.32. The van der Waals surface area contributed by atoms with Crippen LogP contribution in [0.2, 0.25) is 0 Å². The van der Waals surface area contributed by atoms with Crippen molar-refractivity contribution in [1.29, 1.82) is 0 Å². The van der Waals surface area contributed by atoms with Crippen LogP contribution in [0.5, 0.6) is 0 Å². The molecule has 0 saturated carbocycles. The topological polar surface area (TPSA) is 197 Å². The first kappa shape index (κ1) is 42.7. The van der Waals surface area contributed by atoms with Crippen molar-refractivity contribution in [3.05, 3.63) is 42.0 Å². The van der Waals surface area contributed by atoms with E-state index in [0.717, 1.165) is 23.3 Å². The SMILES string of the molecule is CC(C)[C@H](NC(=O)CCCCCN1C(=O)C=CC1=O)C(=O)C[C@@H](CCCNC(N)=O)C(=O)Nc1ccc(COC(=O)N2CCC(C(C)(C)C)CC2)cc1. The molecule has 5 N–H and O–H groups in total. The molecule has 0 aromatic heterocycles. The number of nitrogens with zero attached hydrogens (tertiary/aromatic N) is 2. The average Bonchev–Trinajstić information content (AvgIpc) is 3.43. The first-order valence-corrected chi connectivity index (χ1v) is 18.8. The number of primary amides is 1. The fourth-order valence-corrected chi connectivity index (χ4v) is 6.60. The molecular formula is C39H58N6O8. The van der Waals surface area contributed by atoms with Crippen molar-refractivity contribution >= 4 is 47.2 Å². The Kier molecular flexibility index (Phi) is 16.5. The lowest BCUT2D eigenvalue weighted by Crippen LogP contribution is -2.45. The summed E-state index contributed by atoms with van der Waals surface area (Å²) >= 11 is 0. The molecule has 2 aliphatic heterocycles. The molecule has 2 heterocycles. The third-order valence-electron chi connectivity index (χ3n) is 9.92. The predicted molar refractivity (Wildman–Crippen MR) is 200 cm³/mol. The molecule has 0 radical (unpaired) electrons. The average molecular weight is 739 g/mol. The number of hydrogen-bond donors (Lipinski definition) is 4. The van der Waals surface area contributed by atoms with Crippen LogP contribution in [0.3, 0.4) is 0 Å². The van der Waals surface area contributed by atoms with Gasteiger partial charge >= 0.3 is 12.1 Å². The molecule has 7 amide bonds. The maximum atomic E-state index is 13.6. The van der Waals surface area contributed by atoms with Crippen LogP contribution in [0.4, 0.5) is 15.3 Å². The number of likely N-dealkylation sites (tertiary alicyclic amines) is 1. The second-order valence-corrected chi connectivity index (χ2v) is 15.4. The number of urea groups is 1. The van der Waals surface area contributed by atoms with Crippen LogP contribution in [0, 0.1) is 23.2 Å². The predicted octanol–water partition coefficient (Wildman–Crippen LogP) is 4.67. The Morgan fingerprint density at radius 2 is 1.57 bits per heavy atom. The number of ether oxygens (including phenoxy) is 1. The van der Waals surface area contributed by atoms with Crippen LogP contribution in [-0.2, 0) is 35.3 Å². The van der Waals surface area contributed by atoms with Crippen LogP contribution in [0.25, 0.3) is 0 Å². The summed E-state index contributed by atoms with van der Waals surface area (Å²) in [4.78, 5) is 90.0. The van der Waals surface area contributed by atoms with E-state index in [-0.39, 0.29) is 85.8 Å². The third-order valence-corrected chi connectivity index (χ3v) is 9.92. The Hall–Kier alpha value is -4.75. The van der Waals surface area contributed by atoms with Gasteiger partial charge in [-0.15, -0.1) is 0 Å². The summed E-state index contributed by atoms with van der Waals surface area (Å²) in [5.74, 6) is -2.04. The number of imide groups is 1. The highest BCUT2D eigenvalue weighted by molar-refractivity contribution is 6.12. The van der Waals surface area contributed by atoms with Crippen molar-refractivity contribution in [1.82, 2.24) is 20.4 Å². The number of hydrogen-bond acceptors (Lipinski definition) is 8. The number of carbonyl (C=O) groups is 7. The molecule has 3 rings (SSSR count). The zero-order valence-corrected chi connectivity index (χ0v) is 31.9. The number of unbranched alkanes of at least 4 members (excludes halogenated alkanes) is 2. The van der Waals surface area contributed by atoms with Crippen LogP contribution in [-0.4, -0.2) is 83.6 Å². The first-order chi connectivity index (χ1) is 25.0. The first-order valence-electron chi connectivity index (χ1n) is 18.8. The summed E-state index contributed by atoms with van der Waals surface area (Å²) in [5, 5.41) is 8.21. The molecule has 0 bridgehead atoms. The highest BCUT2D eigenvalue weighted by atomic mass is 16.6. The van der Waals surface area contributed by atoms with Gasteiger partial charge in [0.1, 0.15) is 6.61 Å². The van der Waals surface area contributed by atoms with E-state index in [4.69, 9.17) is 10.5 Å². The van der Waals surface area contributed by atoms with Crippen molar-refractivity contribution in [3.8, 4) is 0 Å². The standard InChI is InChI=1S/C39H58N6O8/c1-26(2)35(43-32(47)11-7-6-8-21-45-33(48)16-17-34(45)49)31(46)24-28(10-9-20-41-37(40)51)36(50)42-30-14-12-27(13-15-30)25-53-38(52)44-22-18-29(19-23-44)39(3,4)5/h12-17,26,28-29,35H,6-11,18-25H2,1-5H3,(H,42,50)(H,43,47)(H3,40,41,51)/t28-,35+/m1/s1. The zero-order valence-electron chi connectivity index (χ0n) is 31.9. The summed E-state index contributed by atoms with van der Waals surface area (Å²) in [6, 6.07) is 5.45. The normalized spacial score (nSPS) is 16.0. The number of carbonyl (C=O) groups excluding carboxylic acids is 7. The number of anilines is 1. The summed E-state index contributed by atoms with van der Waals surface area (Å²) in [7, 11) is 0. The maximum absolute atomic E-state index is 13.6. The van der Waals surface area contributed by atoms with Crippen molar-refractivity contribution in [3.63, 3.8) is 0 Å². The molecule has 14 nitrogen and oxygen atoms in total. The molecule has 1 aromatic carbocycles. The second-order valence-electron chi connectivity index (χ2n) is 15.4. The van der Waals surface area contributed by atoms with E-state index in [1.54, 1.807) is 29.2 Å². The van der Waals surface area contributed by atoms with Gasteiger partial charge < -0.3 is 31.3 Å². The van der Waals surface area contributed by atoms with E-state index < -0.39 is 18.0 Å². The number of piperidine rings is 1. The molecule has 0 aliphatic carbocycles. The Morgan fingerprint density at radius 1 is 0.925 bits per heavy atom. The molecule has 1 aromatic rings. The lowest BCUT2D eigenvalue weighted by molar-refractivity contribution is -0.137. The van der Waals surface area contributed by atoms with Crippen LogP contribution in [0.1, 0.15) is 98.0 Å². The molecule has 53 heavy (non-hydrogen) atoms. The Bertz CT molecular complexity index is 1460. The smallest absolute Gasteiger partial charge is 0.410 e. The van der Waals surface area contributed by atoms with Crippen molar-refractivity contribution in [2.75, 3.05) is 31.5 Å². The second kappa shape index (κ2) is 20.5. The fraction of sp³-hybridized carbons (Fsp3) is 0.615. The third kappa shape index (κ3) is 14.3. The number of nitrogens with one attached hydrogen (secondary N) is 3. The Balaban J connectivity index is 1.51. The summed E-state index contributed by atoms with van der Waals surface area (Å²) in [6.45, 7) is 12.3. The minimum absolute atomic E-state index is 0.0941. The van der Waals surface area contributed by atoms with Gasteiger partial charge in [-0.1, -0.05) is 53.2 Å². The minimum Gasteiger partial charge on any atom is -0.445 e. The molecule has 0 spiro atoms. The molecule has 0 unspecified atom stereocenters. The zero-order chi connectivity index (χ0) is 39.1. The Morgan fingerprint density at radius 3 is 2.15 bits per heavy atom. The highest BCUT2D eigenvalue weighted by Crippen LogP contribution is 2.34. The molecule has 2 atom stereocenters. The monoisotopic (exact) mass is 738 g/mol. The van der Waals surface area contributed by atoms with E-state index in [1.165, 1.54) is 12.2 Å². The van der Waals surface area contributed by atoms with Gasteiger partial charge in [0.25, 0.3) is 11.8 Å². The van der Waals surface area contributed by atoms with Gasteiger partial charge in [-0.2, -0.15) is 0 Å². The lowest BCUT2D eigenvalue weighted by Gasteiger charge is -2.38. The molecule has 14 heteroatoms.